The van der Waals surface area contributed by atoms with Gasteiger partial charge in [0.05, 0.1) is 3.79 Å². The molecule has 0 unspecified atom stereocenters. The molecule has 0 amide bonds. The third kappa shape index (κ3) is 2.95. The molecule has 2 fully saturated rings. The maximum absolute atomic E-state index is 13.0. The van der Waals surface area contributed by atoms with Crippen molar-refractivity contribution in [2.75, 3.05) is 13.1 Å². The third-order valence-corrected chi connectivity index (χ3v) is 9.17. The van der Waals surface area contributed by atoms with Crippen molar-refractivity contribution in [3.05, 3.63) is 27.6 Å². The molecule has 130 valence electrons. The van der Waals surface area contributed by atoms with Gasteiger partial charge in [-0.25, -0.2) is 8.42 Å². The summed E-state index contributed by atoms with van der Waals surface area (Å²) in [5.74, 6) is 1.07. The Morgan fingerprint density at radius 1 is 1.33 bits per heavy atom. The number of hydrogen-bond acceptors (Lipinski definition) is 5. The molecule has 1 saturated heterocycles. The maximum atomic E-state index is 13.0. The van der Waals surface area contributed by atoms with Crippen LogP contribution in [0.25, 0.3) is 0 Å². The number of halogens is 1. The molecule has 4 rings (SSSR count). The summed E-state index contributed by atoms with van der Waals surface area (Å²) >= 11 is 4.71. The predicted molar refractivity (Wildman–Crippen MR) is 95.8 cm³/mol. The minimum absolute atomic E-state index is 0.126. The summed E-state index contributed by atoms with van der Waals surface area (Å²) in [4.78, 5) is 0. The highest BCUT2D eigenvalue weighted by molar-refractivity contribution is 9.11. The fraction of sp³-hybridized carbons (Fsp3) is 0.600. The van der Waals surface area contributed by atoms with Gasteiger partial charge in [-0.05, 0) is 60.2 Å². The molecule has 1 aliphatic heterocycles. The number of rotatable bonds is 4. The number of thiophene rings is 1. The van der Waals surface area contributed by atoms with E-state index in [1.807, 2.05) is 6.92 Å². The summed E-state index contributed by atoms with van der Waals surface area (Å²) in [5, 5.41) is 8.35. The van der Waals surface area contributed by atoms with E-state index in [0.717, 1.165) is 28.0 Å². The largest absolute Gasteiger partial charge is 0.314 e. The molecule has 2 aromatic rings. The van der Waals surface area contributed by atoms with Crippen LogP contribution in [0.2, 0.25) is 0 Å². The van der Waals surface area contributed by atoms with E-state index in [1.165, 1.54) is 24.2 Å². The molecule has 0 aromatic carbocycles. The summed E-state index contributed by atoms with van der Waals surface area (Å²) in [5.41, 5.74) is 0.959. The van der Waals surface area contributed by atoms with Crippen LogP contribution >= 0.6 is 27.3 Å². The standard InChI is InChI=1S/C15H19BrN4O2S2/c1-10-7-13(23-14(10)16)24(21,22)19-6-2-3-11(8-19)15-18-17-9-20(15)12-4-5-12/h7,9,11-12H,2-6,8H2,1H3/t11-/m1/s1. The molecule has 2 aliphatic rings. The maximum Gasteiger partial charge on any atom is 0.252 e. The number of piperidine rings is 1. The molecule has 2 aromatic heterocycles. The average molecular weight is 431 g/mol. The minimum Gasteiger partial charge on any atom is -0.314 e. The highest BCUT2D eigenvalue weighted by atomic mass is 79.9. The number of aromatic nitrogens is 3. The molecule has 0 radical (unpaired) electrons. The van der Waals surface area contributed by atoms with E-state index in [0.29, 0.717) is 23.3 Å². The van der Waals surface area contributed by atoms with Crippen LogP contribution in [0.3, 0.4) is 0 Å². The molecular weight excluding hydrogens is 412 g/mol. The zero-order valence-electron chi connectivity index (χ0n) is 13.4. The van der Waals surface area contributed by atoms with Gasteiger partial charge in [0.15, 0.2) is 0 Å². The van der Waals surface area contributed by atoms with Crippen molar-refractivity contribution in [2.24, 2.45) is 0 Å². The van der Waals surface area contributed by atoms with Crippen LogP contribution < -0.4 is 0 Å². The zero-order valence-corrected chi connectivity index (χ0v) is 16.6. The van der Waals surface area contributed by atoms with Gasteiger partial charge in [0.25, 0.3) is 10.0 Å². The molecule has 0 bridgehead atoms. The molecule has 3 heterocycles. The third-order valence-electron chi connectivity index (χ3n) is 4.72. The van der Waals surface area contributed by atoms with E-state index < -0.39 is 10.0 Å². The highest BCUT2D eigenvalue weighted by Gasteiger charge is 2.36. The van der Waals surface area contributed by atoms with Crippen molar-refractivity contribution in [2.45, 2.75) is 48.8 Å². The van der Waals surface area contributed by atoms with Crippen LogP contribution in [-0.2, 0) is 10.0 Å². The first-order valence-corrected chi connectivity index (χ1v) is 11.2. The molecule has 24 heavy (non-hydrogen) atoms. The predicted octanol–water partition coefficient (Wildman–Crippen LogP) is 3.31. The van der Waals surface area contributed by atoms with E-state index in [-0.39, 0.29) is 5.92 Å². The summed E-state index contributed by atoms with van der Waals surface area (Å²) in [6.45, 7) is 2.98. The van der Waals surface area contributed by atoms with Crippen LogP contribution in [-0.4, -0.2) is 40.6 Å². The van der Waals surface area contributed by atoms with Gasteiger partial charge in [0.1, 0.15) is 16.4 Å². The number of aryl methyl sites for hydroxylation is 1. The first kappa shape index (κ1) is 16.7. The van der Waals surface area contributed by atoms with Crippen LogP contribution in [0.4, 0.5) is 0 Å². The fourth-order valence-electron chi connectivity index (χ4n) is 3.24. The van der Waals surface area contributed by atoms with Gasteiger partial charge < -0.3 is 4.57 Å². The normalized spacial score (nSPS) is 22.8. The topological polar surface area (TPSA) is 68.1 Å². The molecule has 6 nitrogen and oxygen atoms in total. The second kappa shape index (κ2) is 6.19. The van der Waals surface area contributed by atoms with Crippen LogP contribution in [0, 0.1) is 6.92 Å². The monoisotopic (exact) mass is 430 g/mol. The van der Waals surface area contributed by atoms with E-state index >= 15 is 0 Å². The SMILES string of the molecule is Cc1cc(S(=O)(=O)N2CCC[C@@H](c3nncn3C3CC3)C2)sc1Br. The molecule has 1 saturated carbocycles. The van der Waals surface area contributed by atoms with Gasteiger partial charge in [0, 0.05) is 25.0 Å². The summed E-state index contributed by atoms with van der Waals surface area (Å²) < 4.78 is 31.0. The molecule has 0 N–H and O–H groups in total. The Balaban J connectivity index is 1.59. The Hall–Kier alpha value is -0.770. The lowest BCUT2D eigenvalue weighted by Crippen LogP contribution is -2.39. The first-order chi connectivity index (χ1) is 11.5. The minimum atomic E-state index is -3.44. The Morgan fingerprint density at radius 3 is 2.79 bits per heavy atom. The van der Waals surface area contributed by atoms with Crippen molar-refractivity contribution in [1.29, 1.82) is 0 Å². The molecule has 1 aliphatic carbocycles. The van der Waals surface area contributed by atoms with Gasteiger partial charge in [-0.3, -0.25) is 0 Å². The van der Waals surface area contributed by atoms with Gasteiger partial charge in [-0.1, -0.05) is 0 Å². The second-order valence-electron chi connectivity index (χ2n) is 6.55. The van der Waals surface area contributed by atoms with Crippen LogP contribution in [0.15, 0.2) is 20.4 Å². The number of sulfonamides is 1. The van der Waals surface area contributed by atoms with Crippen molar-refractivity contribution in [1.82, 2.24) is 19.1 Å². The molecular formula is C15H19BrN4O2S2. The lowest BCUT2D eigenvalue weighted by molar-refractivity contribution is 0.305. The van der Waals surface area contributed by atoms with Crippen molar-refractivity contribution < 1.29 is 8.42 Å². The molecule has 9 heteroatoms. The number of nitrogens with zero attached hydrogens (tertiary/aromatic N) is 4. The smallest absolute Gasteiger partial charge is 0.252 e. The summed E-state index contributed by atoms with van der Waals surface area (Å²) in [6.07, 6.45) is 5.95. The van der Waals surface area contributed by atoms with Gasteiger partial charge in [-0.2, -0.15) is 4.31 Å². The zero-order chi connectivity index (χ0) is 16.9. The van der Waals surface area contributed by atoms with Gasteiger partial charge in [0.2, 0.25) is 0 Å². The second-order valence-corrected chi connectivity index (χ2v) is 11.1. The average Bonchev–Trinajstić information content (AvgIpc) is 3.19. The highest BCUT2D eigenvalue weighted by Crippen LogP contribution is 2.39. The summed E-state index contributed by atoms with van der Waals surface area (Å²) in [6, 6.07) is 2.26. The van der Waals surface area contributed by atoms with Crippen molar-refractivity contribution in [3.8, 4) is 0 Å². The van der Waals surface area contributed by atoms with Gasteiger partial charge in [-0.15, -0.1) is 21.5 Å². The Kier molecular flexibility index (Phi) is 4.30. The van der Waals surface area contributed by atoms with Crippen molar-refractivity contribution in [3.63, 3.8) is 0 Å². The van der Waals surface area contributed by atoms with E-state index in [2.05, 4.69) is 30.7 Å². The Morgan fingerprint density at radius 2 is 2.12 bits per heavy atom. The van der Waals surface area contributed by atoms with Crippen LogP contribution in [0.1, 0.15) is 49.0 Å². The molecule has 1 atom stereocenters. The number of hydrogen-bond donors (Lipinski definition) is 0. The van der Waals surface area contributed by atoms with Crippen molar-refractivity contribution >= 4 is 37.3 Å². The summed E-state index contributed by atoms with van der Waals surface area (Å²) in [7, 11) is -3.44. The van der Waals surface area contributed by atoms with Gasteiger partial charge >= 0.3 is 0 Å². The van der Waals surface area contributed by atoms with E-state index in [4.69, 9.17) is 0 Å². The lowest BCUT2D eigenvalue weighted by atomic mass is 9.99. The Labute approximate surface area is 154 Å². The fourth-order valence-corrected chi connectivity index (χ4v) is 7.14. The van der Waals surface area contributed by atoms with E-state index in [1.54, 1.807) is 16.7 Å². The lowest BCUT2D eigenvalue weighted by Gasteiger charge is -2.31. The first-order valence-electron chi connectivity index (χ1n) is 8.12. The molecule has 0 spiro atoms. The van der Waals surface area contributed by atoms with Crippen LogP contribution in [0.5, 0.6) is 0 Å². The Bertz CT molecular complexity index is 837. The van der Waals surface area contributed by atoms with E-state index in [9.17, 15) is 8.42 Å². The quantitative estimate of drug-likeness (QED) is 0.745.